The van der Waals surface area contributed by atoms with Crippen molar-refractivity contribution >= 4 is 39.2 Å². The Labute approximate surface area is 111 Å². The second kappa shape index (κ2) is 5.97. The molecule has 0 unspecified atom stereocenters. The normalized spacial score (nSPS) is 10.1. The minimum atomic E-state index is -0.506. The van der Waals surface area contributed by atoms with E-state index in [9.17, 15) is 14.9 Å². The maximum absolute atomic E-state index is 11.2. The zero-order chi connectivity index (χ0) is 13.0. The van der Waals surface area contributed by atoms with Crippen LogP contribution in [-0.2, 0) is 21.3 Å². The Hall–Kier alpha value is -1.14. The van der Waals surface area contributed by atoms with Gasteiger partial charge in [-0.2, -0.15) is 0 Å². The molecular formula is C10H9BrClNO4. The Kier molecular flexibility index (Phi) is 4.89. The molecule has 0 fully saturated rings. The quantitative estimate of drug-likeness (QED) is 0.370. The monoisotopic (exact) mass is 321 g/mol. The van der Waals surface area contributed by atoms with Gasteiger partial charge < -0.3 is 4.74 Å². The van der Waals surface area contributed by atoms with Crippen LogP contribution >= 0.6 is 27.5 Å². The molecule has 17 heavy (non-hydrogen) atoms. The van der Waals surface area contributed by atoms with E-state index in [2.05, 4.69) is 20.7 Å². The summed E-state index contributed by atoms with van der Waals surface area (Å²) in [5.41, 5.74) is 0.752. The molecule has 1 aromatic rings. The summed E-state index contributed by atoms with van der Waals surface area (Å²) < 4.78 is 4.53. The summed E-state index contributed by atoms with van der Waals surface area (Å²) in [5, 5.41) is 11.4. The molecule has 0 amide bonds. The first kappa shape index (κ1) is 13.9. The van der Waals surface area contributed by atoms with Crippen molar-refractivity contribution in [3.8, 4) is 0 Å². The maximum Gasteiger partial charge on any atom is 0.310 e. The molecule has 0 aliphatic rings. The first-order chi connectivity index (χ1) is 8.01. The second-order valence-corrected chi connectivity index (χ2v) is 4.14. The standard InChI is InChI=1S/C10H9BrClNO4/c1-17-10(14)4-6-7(5-11)9(13(15)16)3-2-8(6)12/h2-3H,4-5H2,1H3. The predicted octanol–water partition coefficient (Wildman–Crippen LogP) is 2.86. The third kappa shape index (κ3) is 3.17. The number of esters is 1. The number of nitro groups is 1. The second-order valence-electron chi connectivity index (χ2n) is 3.17. The number of nitrogens with zero attached hydrogens (tertiary/aromatic N) is 1. The summed E-state index contributed by atoms with van der Waals surface area (Å²) >= 11 is 9.09. The number of rotatable bonds is 4. The van der Waals surface area contributed by atoms with Crippen molar-refractivity contribution in [1.82, 2.24) is 0 Å². The SMILES string of the molecule is COC(=O)Cc1c(Cl)ccc([N+](=O)[O-])c1CBr. The molecule has 92 valence electrons. The Bertz CT molecular complexity index is 464. The van der Waals surface area contributed by atoms with E-state index in [0.29, 0.717) is 16.1 Å². The number of nitro benzene ring substituents is 1. The molecule has 0 bridgehead atoms. The molecule has 1 rings (SSSR count). The highest BCUT2D eigenvalue weighted by atomic mass is 79.9. The minimum absolute atomic E-state index is 0.0646. The lowest BCUT2D eigenvalue weighted by Crippen LogP contribution is -2.08. The highest BCUT2D eigenvalue weighted by Crippen LogP contribution is 2.31. The Morgan fingerprint density at radius 2 is 2.18 bits per heavy atom. The molecular weight excluding hydrogens is 313 g/mol. The molecule has 0 N–H and O–H groups in total. The Morgan fingerprint density at radius 3 is 2.65 bits per heavy atom. The molecule has 0 atom stereocenters. The smallest absolute Gasteiger partial charge is 0.310 e. The van der Waals surface area contributed by atoms with Crippen molar-refractivity contribution in [2.45, 2.75) is 11.8 Å². The molecule has 0 saturated carbocycles. The Morgan fingerprint density at radius 1 is 1.53 bits per heavy atom. The van der Waals surface area contributed by atoms with Gasteiger partial charge in [0.25, 0.3) is 5.69 Å². The topological polar surface area (TPSA) is 69.4 Å². The van der Waals surface area contributed by atoms with Crippen molar-refractivity contribution in [3.63, 3.8) is 0 Å². The molecule has 0 saturated heterocycles. The minimum Gasteiger partial charge on any atom is -0.469 e. The number of hydrogen-bond donors (Lipinski definition) is 0. The number of carbonyl (C=O) groups excluding carboxylic acids is 1. The number of carbonyl (C=O) groups is 1. The maximum atomic E-state index is 11.2. The number of alkyl halides is 1. The van der Waals surface area contributed by atoms with E-state index in [0.717, 1.165) is 0 Å². The van der Waals surface area contributed by atoms with Crippen molar-refractivity contribution in [2.75, 3.05) is 7.11 Å². The molecule has 0 aliphatic carbocycles. The van der Waals surface area contributed by atoms with Crippen LogP contribution in [0, 0.1) is 10.1 Å². The average Bonchev–Trinajstić information content (AvgIpc) is 2.30. The van der Waals surface area contributed by atoms with Crippen LogP contribution < -0.4 is 0 Å². The van der Waals surface area contributed by atoms with Crippen LogP contribution in [0.15, 0.2) is 12.1 Å². The fourth-order valence-electron chi connectivity index (χ4n) is 1.38. The number of ether oxygens (including phenoxy) is 1. The van der Waals surface area contributed by atoms with Crippen LogP contribution in [0.4, 0.5) is 5.69 Å². The van der Waals surface area contributed by atoms with E-state index in [4.69, 9.17) is 11.6 Å². The van der Waals surface area contributed by atoms with E-state index in [-0.39, 0.29) is 17.4 Å². The molecule has 5 nitrogen and oxygen atoms in total. The molecule has 0 spiro atoms. The summed E-state index contributed by atoms with van der Waals surface area (Å²) in [6, 6.07) is 2.73. The van der Waals surface area contributed by atoms with E-state index in [1.807, 2.05) is 0 Å². The van der Waals surface area contributed by atoms with Crippen molar-refractivity contribution in [2.24, 2.45) is 0 Å². The van der Waals surface area contributed by atoms with Gasteiger partial charge in [0, 0.05) is 22.0 Å². The van der Waals surface area contributed by atoms with E-state index in [1.165, 1.54) is 19.2 Å². The summed E-state index contributed by atoms with van der Waals surface area (Å²) in [4.78, 5) is 21.5. The lowest BCUT2D eigenvalue weighted by molar-refractivity contribution is -0.385. The fourth-order valence-corrected chi connectivity index (χ4v) is 2.25. The molecule has 7 heteroatoms. The summed E-state index contributed by atoms with van der Waals surface area (Å²) in [6.45, 7) is 0. The molecule has 0 radical (unpaired) electrons. The molecule has 0 heterocycles. The zero-order valence-corrected chi connectivity index (χ0v) is 11.2. The van der Waals surface area contributed by atoms with Crippen LogP contribution in [0.5, 0.6) is 0 Å². The number of halogens is 2. The third-order valence-electron chi connectivity index (χ3n) is 2.23. The van der Waals surface area contributed by atoms with Gasteiger partial charge in [0.1, 0.15) is 0 Å². The van der Waals surface area contributed by atoms with Gasteiger partial charge in [-0.15, -0.1) is 0 Å². The molecule has 1 aromatic carbocycles. The summed E-state index contributed by atoms with van der Waals surface area (Å²) in [6.07, 6.45) is -0.0854. The van der Waals surface area contributed by atoms with Crippen LogP contribution in [0.1, 0.15) is 11.1 Å². The highest BCUT2D eigenvalue weighted by Gasteiger charge is 2.21. The van der Waals surface area contributed by atoms with Gasteiger partial charge in [0.2, 0.25) is 0 Å². The summed E-state index contributed by atoms with van der Waals surface area (Å²) in [5.74, 6) is -0.491. The fraction of sp³-hybridized carbons (Fsp3) is 0.300. The zero-order valence-electron chi connectivity index (χ0n) is 8.91. The van der Waals surface area contributed by atoms with E-state index < -0.39 is 10.9 Å². The molecule has 0 aromatic heterocycles. The lowest BCUT2D eigenvalue weighted by atomic mass is 10.0. The van der Waals surface area contributed by atoms with Gasteiger partial charge in [-0.25, -0.2) is 0 Å². The number of hydrogen-bond acceptors (Lipinski definition) is 4. The third-order valence-corrected chi connectivity index (χ3v) is 3.14. The highest BCUT2D eigenvalue weighted by molar-refractivity contribution is 9.08. The number of methoxy groups -OCH3 is 1. The van der Waals surface area contributed by atoms with Gasteiger partial charge >= 0.3 is 5.97 Å². The van der Waals surface area contributed by atoms with Gasteiger partial charge in [-0.1, -0.05) is 27.5 Å². The van der Waals surface area contributed by atoms with E-state index >= 15 is 0 Å². The average molecular weight is 323 g/mol. The van der Waals surface area contributed by atoms with Crippen LogP contribution in [0.3, 0.4) is 0 Å². The summed E-state index contributed by atoms with van der Waals surface area (Å²) in [7, 11) is 1.25. The van der Waals surface area contributed by atoms with Gasteiger partial charge in [-0.05, 0) is 11.6 Å². The predicted molar refractivity (Wildman–Crippen MR) is 66.5 cm³/mol. The van der Waals surface area contributed by atoms with Crippen LogP contribution in [0.2, 0.25) is 5.02 Å². The Balaban J connectivity index is 3.30. The van der Waals surface area contributed by atoms with Gasteiger partial charge in [0.05, 0.1) is 18.5 Å². The largest absolute Gasteiger partial charge is 0.469 e. The first-order valence-electron chi connectivity index (χ1n) is 4.58. The first-order valence-corrected chi connectivity index (χ1v) is 6.08. The lowest BCUT2D eigenvalue weighted by Gasteiger charge is -2.09. The number of benzene rings is 1. The van der Waals surface area contributed by atoms with Gasteiger partial charge in [-0.3, -0.25) is 14.9 Å². The van der Waals surface area contributed by atoms with Crippen molar-refractivity contribution < 1.29 is 14.5 Å². The van der Waals surface area contributed by atoms with Crippen molar-refractivity contribution in [1.29, 1.82) is 0 Å². The van der Waals surface area contributed by atoms with E-state index in [1.54, 1.807) is 0 Å². The van der Waals surface area contributed by atoms with Crippen LogP contribution in [0.25, 0.3) is 0 Å². The van der Waals surface area contributed by atoms with Gasteiger partial charge in [0.15, 0.2) is 0 Å². The van der Waals surface area contributed by atoms with Crippen molar-refractivity contribution in [3.05, 3.63) is 38.4 Å². The molecule has 0 aliphatic heterocycles. The van der Waals surface area contributed by atoms with Crippen LogP contribution in [-0.4, -0.2) is 18.0 Å².